The van der Waals surface area contributed by atoms with Crippen molar-refractivity contribution in [2.24, 2.45) is 11.7 Å². The molecule has 1 amide bonds. The van der Waals surface area contributed by atoms with Crippen molar-refractivity contribution in [1.82, 2.24) is 10.2 Å². The number of carbonyl (C=O) groups excluding carboxylic acids is 1. The van der Waals surface area contributed by atoms with Gasteiger partial charge in [-0.05, 0) is 25.2 Å². The van der Waals surface area contributed by atoms with Gasteiger partial charge in [-0.2, -0.15) is 0 Å². The predicted octanol–water partition coefficient (Wildman–Crippen LogP) is 0.587. The summed E-state index contributed by atoms with van der Waals surface area (Å²) in [6, 6.07) is -0.0870. The maximum Gasteiger partial charge on any atom is 0.237 e. The van der Waals surface area contributed by atoms with Crippen LogP contribution in [0.3, 0.4) is 0 Å². The van der Waals surface area contributed by atoms with Crippen LogP contribution in [0.15, 0.2) is 0 Å². The fraction of sp³-hybridized carbons (Fsp3) is 0.929. The summed E-state index contributed by atoms with van der Waals surface area (Å²) >= 11 is 0. The van der Waals surface area contributed by atoms with Crippen molar-refractivity contribution >= 4 is 5.91 Å². The highest BCUT2D eigenvalue weighted by molar-refractivity contribution is 5.81. The van der Waals surface area contributed by atoms with E-state index in [2.05, 4.69) is 24.1 Å². The average Bonchev–Trinajstić information content (AvgIpc) is 2.37. The Hall–Kier alpha value is -0.650. The molecule has 1 aliphatic rings. The second-order valence-electron chi connectivity index (χ2n) is 5.85. The van der Waals surface area contributed by atoms with Crippen molar-refractivity contribution in [3.05, 3.63) is 0 Å². The molecular formula is C14H29N3O2. The van der Waals surface area contributed by atoms with E-state index in [4.69, 9.17) is 10.5 Å². The maximum absolute atomic E-state index is 11.9. The summed E-state index contributed by atoms with van der Waals surface area (Å²) in [5.41, 5.74) is 5.89. The minimum Gasteiger partial charge on any atom is -0.383 e. The molecule has 1 aliphatic heterocycles. The summed E-state index contributed by atoms with van der Waals surface area (Å²) in [5.74, 6) is 0.459. The summed E-state index contributed by atoms with van der Waals surface area (Å²) in [6.45, 7) is 7.96. The molecule has 3 N–H and O–H groups in total. The molecule has 1 rings (SSSR count). The first-order valence-electron chi connectivity index (χ1n) is 7.30. The zero-order valence-corrected chi connectivity index (χ0v) is 12.5. The minimum atomic E-state index is -0.369. The molecule has 112 valence electrons. The average molecular weight is 271 g/mol. The molecule has 5 nitrogen and oxygen atoms in total. The van der Waals surface area contributed by atoms with Gasteiger partial charge in [-0.15, -0.1) is 0 Å². The Morgan fingerprint density at radius 1 is 1.42 bits per heavy atom. The molecule has 1 saturated heterocycles. The number of likely N-dealkylation sites (tertiary alicyclic amines) is 1. The van der Waals surface area contributed by atoms with Crippen LogP contribution >= 0.6 is 0 Å². The van der Waals surface area contributed by atoms with Crippen molar-refractivity contribution in [1.29, 1.82) is 0 Å². The van der Waals surface area contributed by atoms with E-state index in [1.807, 2.05) is 0 Å². The highest BCUT2D eigenvalue weighted by Crippen LogP contribution is 2.11. The number of nitrogens with two attached hydrogens (primary N) is 1. The van der Waals surface area contributed by atoms with Crippen molar-refractivity contribution in [2.45, 2.75) is 45.2 Å². The second kappa shape index (κ2) is 8.51. The number of ether oxygens (including phenoxy) is 1. The van der Waals surface area contributed by atoms with Gasteiger partial charge in [-0.25, -0.2) is 0 Å². The van der Waals surface area contributed by atoms with E-state index in [1.54, 1.807) is 7.11 Å². The Balaban J connectivity index is 2.23. The molecular weight excluding hydrogens is 242 g/mol. The first-order valence-corrected chi connectivity index (χ1v) is 7.30. The standard InChI is InChI=1S/C14H29N3O2/c1-11(2)10-13(15)14(18)16-12-4-6-17(7-5-12)8-9-19-3/h11-13H,4-10,15H2,1-3H3,(H,16,18)/t13-/m0/s1. The Kier molecular flexibility index (Phi) is 7.34. The number of piperidine rings is 1. The summed E-state index contributed by atoms with van der Waals surface area (Å²) < 4.78 is 5.08. The van der Waals surface area contributed by atoms with Crippen LogP contribution in [0.5, 0.6) is 0 Å². The molecule has 0 aromatic heterocycles. The van der Waals surface area contributed by atoms with E-state index in [0.29, 0.717) is 5.92 Å². The first-order chi connectivity index (χ1) is 9.02. The van der Waals surface area contributed by atoms with E-state index in [-0.39, 0.29) is 18.0 Å². The van der Waals surface area contributed by atoms with Crippen LogP contribution in [0.2, 0.25) is 0 Å². The highest BCUT2D eigenvalue weighted by Gasteiger charge is 2.23. The summed E-state index contributed by atoms with van der Waals surface area (Å²) in [7, 11) is 1.73. The quantitative estimate of drug-likeness (QED) is 0.711. The van der Waals surface area contributed by atoms with Crippen molar-refractivity contribution in [2.75, 3.05) is 33.4 Å². The molecule has 0 radical (unpaired) electrons. The number of nitrogens with zero attached hydrogens (tertiary/aromatic N) is 1. The molecule has 1 fully saturated rings. The molecule has 1 heterocycles. The molecule has 0 saturated carbocycles. The molecule has 19 heavy (non-hydrogen) atoms. The van der Waals surface area contributed by atoms with Gasteiger partial charge >= 0.3 is 0 Å². The summed E-state index contributed by atoms with van der Waals surface area (Å²) in [4.78, 5) is 14.3. The Bertz CT molecular complexity index is 263. The zero-order chi connectivity index (χ0) is 14.3. The number of nitrogens with one attached hydrogen (secondary N) is 1. The van der Waals surface area contributed by atoms with Gasteiger partial charge in [0.25, 0.3) is 0 Å². The largest absolute Gasteiger partial charge is 0.383 e. The Morgan fingerprint density at radius 2 is 2.05 bits per heavy atom. The van der Waals surface area contributed by atoms with Crippen molar-refractivity contribution < 1.29 is 9.53 Å². The SMILES string of the molecule is COCCN1CCC(NC(=O)[C@@H](N)CC(C)C)CC1. The van der Waals surface area contributed by atoms with Crippen LogP contribution in [0.4, 0.5) is 0 Å². The number of methoxy groups -OCH3 is 1. The molecule has 5 heteroatoms. The van der Waals surface area contributed by atoms with E-state index in [1.165, 1.54) is 0 Å². The third-order valence-corrected chi connectivity index (χ3v) is 3.61. The van der Waals surface area contributed by atoms with Crippen molar-refractivity contribution in [3.8, 4) is 0 Å². The number of hydrogen-bond donors (Lipinski definition) is 2. The van der Waals surface area contributed by atoms with Gasteiger partial charge in [-0.1, -0.05) is 13.8 Å². The molecule has 0 bridgehead atoms. The van der Waals surface area contributed by atoms with Gasteiger partial charge in [0, 0.05) is 32.8 Å². The third kappa shape index (κ3) is 6.36. The zero-order valence-electron chi connectivity index (χ0n) is 12.5. The van der Waals surface area contributed by atoms with E-state index < -0.39 is 0 Å². The molecule has 0 spiro atoms. The maximum atomic E-state index is 11.9. The molecule has 0 aromatic rings. The van der Waals surface area contributed by atoms with Crippen molar-refractivity contribution in [3.63, 3.8) is 0 Å². The van der Waals surface area contributed by atoms with Gasteiger partial charge in [0.15, 0.2) is 0 Å². The molecule has 0 aromatic carbocycles. The summed E-state index contributed by atoms with van der Waals surface area (Å²) in [5, 5.41) is 3.08. The van der Waals surface area contributed by atoms with E-state index >= 15 is 0 Å². The van der Waals surface area contributed by atoms with Gasteiger partial charge in [0.05, 0.1) is 12.6 Å². The monoisotopic (exact) mass is 271 g/mol. The van der Waals surface area contributed by atoms with Crippen LogP contribution in [0, 0.1) is 5.92 Å². The highest BCUT2D eigenvalue weighted by atomic mass is 16.5. The van der Waals surface area contributed by atoms with Crippen LogP contribution in [0.1, 0.15) is 33.1 Å². The van der Waals surface area contributed by atoms with Crippen LogP contribution in [0.25, 0.3) is 0 Å². The Labute approximate surface area is 116 Å². The van der Waals surface area contributed by atoms with E-state index in [0.717, 1.165) is 45.5 Å². The number of hydrogen-bond acceptors (Lipinski definition) is 4. The smallest absolute Gasteiger partial charge is 0.237 e. The lowest BCUT2D eigenvalue weighted by Gasteiger charge is -2.32. The molecule has 1 atom stereocenters. The van der Waals surface area contributed by atoms with Gasteiger partial charge in [0.1, 0.15) is 0 Å². The number of rotatable bonds is 7. The minimum absolute atomic E-state index is 0.00374. The van der Waals surface area contributed by atoms with Gasteiger partial charge in [-0.3, -0.25) is 4.79 Å². The van der Waals surface area contributed by atoms with E-state index in [9.17, 15) is 4.79 Å². The fourth-order valence-electron chi connectivity index (χ4n) is 2.44. The van der Waals surface area contributed by atoms with Gasteiger partial charge < -0.3 is 20.7 Å². The Morgan fingerprint density at radius 3 is 2.58 bits per heavy atom. The normalized spacial score (nSPS) is 19.6. The number of amides is 1. The lowest BCUT2D eigenvalue weighted by Crippen LogP contribution is -2.50. The number of carbonyl (C=O) groups is 1. The third-order valence-electron chi connectivity index (χ3n) is 3.61. The first kappa shape index (κ1) is 16.4. The predicted molar refractivity (Wildman–Crippen MR) is 76.9 cm³/mol. The van der Waals surface area contributed by atoms with Gasteiger partial charge in [0.2, 0.25) is 5.91 Å². The van der Waals surface area contributed by atoms with Crippen LogP contribution in [-0.2, 0) is 9.53 Å². The second-order valence-corrected chi connectivity index (χ2v) is 5.85. The van der Waals surface area contributed by atoms with Crippen LogP contribution in [-0.4, -0.2) is 56.2 Å². The fourth-order valence-corrected chi connectivity index (χ4v) is 2.44. The lowest BCUT2D eigenvalue weighted by atomic mass is 10.0. The topological polar surface area (TPSA) is 67.6 Å². The molecule has 0 aliphatic carbocycles. The van der Waals surface area contributed by atoms with Crippen LogP contribution < -0.4 is 11.1 Å². The summed E-state index contributed by atoms with van der Waals surface area (Å²) in [6.07, 6.45) is 2.76. The molecule has 0 unspecified atom stereocenters. The lowest BCUT2D eigenvalue weighted by molar-refractivity contribution is -0.123.